The molecule has 1 aliphatic rings. The molecule has 0 aromatic heterocycles. The minimum atomic E-state index is -0.860. The molecule has 0 amide bonds. The first kappa shape index (κ1) is 17.2. The van der Waals surface area contributed by atoms with Gasteiger partial charge in [0.2, 0.25) is 0 Å². The molecule has 0 unspecified atom stereocenters. The van der Waals surface area contributed by atoms with Crippen molar-refractivity contribution >= 4 is 0 Å². The van der Waals surface area contributed by atoms with Gasteiger partial charge in [0.05, 0.1) is 6.61 Å². The number of benzene rings is 1. The van der Waals surface area contributed by atoms with E-state index in [1.54, 1.807) is 0 Å². The van der Waals surface area contributed by atoms with Crippen LogP contribution < -0.4 is 10.1 Å². The second-order valence-electron chi connectivity index (χ2n) is 5.81. The van der Waals surface area contributed by atoms with E-state index in [4.69, 9.17) is 4.74 Å². The Balaban J connectivity index is 1.55. The number of hydrogen-bond donors (Lipinski definition) is 1. The third-order valence-corrected chi connectivity index (χ3v) is 4.11. The third kappa shape index (κ3) is 5.54. The number of piperidine rings is 1. The molecule has 3 nitrogen and oxygen atoms in total. The summed E-state index contributed by atoms with van der Waals surface area (Å²) in [7, 11) is 0. The van der Waals surface area contributed by atoms with E-state index in [0.29, 0.717) is 18.4 Å². The average Bonchev–Trinajstić information content (AvgIpc) is 2.52. The molecule has 0 aliphatic carbocycles. The highest BCUT2D eigenvalue weighted by molar-refractivity contribution is 5.23. The molecular weight excluding hydrogens is 286 g/mol. The summed E-state index contributed by atoms with van der Waals surface area (Å²) in [5.41, 5.74) is 0. The summed E-state index contributed by atoms with van der Waals surface area (Å²) in [6, 6.07) is 4.34. The molecule has 0 radical (unpaired) electrons. The molecule has 0 bridgehead atoms. The SMILES string of the molecule is CCNC1CCN(CCCCOc2ccc(F)c(F)c2)CC1. The van der Waals surface area contributed by atoms with Crippen molar-refractivity contribution in [2.24, 2.45) is 0 Å². The van der Waals surface area contributed by atoms with E-state index in [1.165, 1.54) is 18.9 Å². The highest BCUT2D eigenvalue weighted by Crippen LogP contribution is 2.16. The summed E-state index contributed by atoms with van der Waals surface area (Å²) in [6.45, 7) is 7.13. The number of halogens is 2. The van der Waals surface area contributed by atoms with E-state index in [2.05, 4.69) is 17.1 Å². The molecule has 0 saturated carbocycles. The van der Waals surface area contributed by atoms with Crippen LogP contribution in [0.4, 0.5) is 8.78 Å². The van der Waals surface area contributed by atoms with E-state index in [1.807, 2.05) is 0 Å². The number of rotatable bonds is 8. The van der Waals surface area contributed by atoms with Gasteiger partial charge in [0.15, 0.2) is 11.6 Å². The van der Waals surface area contributed by atoms with Crippen LogP contribution in [0, 0.1) is 11.6 Å². The number of nitrogens with one attached hydrogen (secondary N) is 1. The predicted octanol–water partition coefficient (Wildman–Crippen LogP) is 3.20. The highest BCUT2D eigenvalue weighted by Gasteiger charge is 2.17. The van der Waals surface area contributed by atoms with Gasteiger partial charge in [0.1, 0.15) is 5.75 Å². The van der Waals surface area contributed by atoms with Gasteiger partial charge < -0.3 is 15.0 Å². The zero-order chi connectivity index (χ0) is 15.8. The minimum absolute atomic E-state index is 0.394. The molecule has 1 aromatic carbocycles. The summed E-state index contributed by atoms with van der Waals surface area (Å²) in [5.74, 6) is -1.31. The van der Waals surface area contributed by atoms with Crippen LogP contribution in [-0.4, -0.2) is 43.7 Å². The topological polar surface area (TPSA) is 24.5 Å². The fourth-order valence-electron chi connectivity index (χ4n) is 2.84. The summed E-state index contributed by atoms with van der Waals surface area (Å²) in [6.07, 6.45) is 4.43. The molecule has 2 rings (SSSR count). The second-order valence-corrected chi connectivity index (χ2v) is 5.81. The zero-order valence-electron chi connectivity index (χ0n) is 13.3. The van der Waals surface area contributed by atoms with Crippen LogP contribution in [0.2, 0.25) is 0 Å². The van der Waals surface area contributed by atoms with Gasteiger partial charge in [-0.05, 0) is 64.0 Å². The Kier molecular flexibility index (Phi) is 7.06. The maximum atomic E-state index is 13.0. The molecule has 1 fully saturated rings. The van der Waals surface area contributed by atoms with Gasteiger partial charge in [0, 0.05) is 12.1 Å². The van der Waals surface area contributed by atoms with Crippen molar-refractivity contribution in [2.75, 3.05) is 32.8 Å². The van der Waals surface area contributed by atoms with Crippen LogP contribution in [0.15, 0.2) is 18.2 Å². The van der Waals surface area contributed by atoms with Crippen molar-refractivity contribution in [1.29, 1.82) is 0 Å². The molecule has 0 atom stereocenters. The fourth-order valence-corrected chi connectivity index (χ4v) is 2.84. The lowest BCUT2D eigenvalue weighted by atomic mass is 10.0. The molecule has 124 valence electrons. The number of likely N-dealkylation sites (tertiary alicyclic amines) is 1. The molecule has 5 heteroatoms. The lowest BCUT2D eigenvalue weighted by molar-refractivity contribution is 0.190. The normalized spacial score (nSPS) is 16.9. The smallest absolute Gasteiger partial charge is 0.162 e. The Hall–Kier alpha value is -1.20. The minimum Gasteiger partial charge on any atom is -0.493 e. The first-order valence-corrected chi connectivity index (χ1v) is 8.22. The van der Waals surface area contributed by atoms with Gasteiger partial charge in [-0.1, -0.05) is 6.92 Å². The Morgan fingerprint density at radius 3 is 2.64 bits per heavy atom. The van der Waals surface area contributed by atoms with Crippen molar-refractivity contribution in [2.45, 2.75) is 38.6 Å². The maximum Gasteiger partial charge on any atom is 0.162 e. The predicted molar refractivity (Wildman–Crippen MR) is 84.2 cm³/mol. The van der Waals surface area contributed by atoms with Crippen molar-refractivity contribution in [1.82, 2.24) is 10.2 Å². The van der Waals surface area contributed by atoms with Crippen LogP contribution in [0.25, 0.3) is 0 Å². The molecule has 1 saturated heterocycles. The number of unbranched alkanes of at least 4 members (excludes halogenated alkanes) is 1. The highest BCUT2D eigenvalue weighted by atomic mass is 19.2. The van der Waals surface area contributed by atoms with Gasteiger partial charge in [0.25, 0.3) is 0 Å². The summed E-state index contributed by atoms with van der Waals surface area (Å²) < 4.78 is 31.2. The van der Waals surface area contributed by atoms with Crippen molar-refractivity contribution < 1.29 is 13.5 Å². The van der Waals surface area contributed by atoms with Gasteiger partial charge >= 0.3 is 0 Å². The van der Waals surface area contributed by atoms with Gasteiger partial charge in [-0.15, -0.1) is 0 Å². The summed E-state index contributed by atoms with van der Waals surface area (Å²) in [4.78, 5) is 2.49. The van der Waals surface area contributed by atoms with Crippen molar-refractivity contribution in [3.05, 3.63) is 29.8 Å². The summed E-state index contributed by atoms with van der Waals surface area (Å²) in [5, 5.41) is 3.50. The maximum absolute atomic E-state index is 13.0. The Morgan fingerprint density at radius 1 is 1.18 bits per heavy atom. The van der Waals surface area contributed by atoms with Gasteiger partial charge in [-0.2, -0.15) is 0 Å². The molecule has 1 N–H and O–H groups in total. The molecule has 1 aliphatic heterocycles. The third-order valence-electron chi connectivity index (χ3n) is 4.11. The Morgan fingerprint density at radius 2 is 1.95 bits per heavy atom. The summed E-state index contributed by atoms with van der Waals surface area (Å²) >= 11 is 0. The van der Waals surface area contributed by atoms with E-state index in [9.17, 15) is 8.78 Å². The van der Waals surface area contributed by atoms with Gasteiger partial charge in [-0.25, -0.2) is 8.78 Å². The Bertz CT molecular complexity index is 448. The van der Waals surface area contributed by atoms with Crippen LogP contribution >= 0.6 is 0 Å². The zero-order valence-corrected chi connectivity index (χ0v) is 13.3. The van der Waals surface area contributed by atoms with E-state index in [-0.39, 0.29) is 0 Å². The monoisotopic (exact) mass is 312 g/mol. The standard InChI is InChI=1S/C17H26F2N2O/c1-2-20-14-7-10-21(11-8-14)9-3-4-12-22-15-5-6-16(18)17(19)13-15/h5-6,13-14,20H,2-4,7-12H2,1H3. The lowest BCUT2D eigenvalue weighted by Gasteiger charge is -2.32. The van der Waals surface area contributed by atoms with Crippen LogP contribution in [0.1, 0.15) is 32.6 Å². The van der Waals surface area contributed by atoms with Gasteiger partial charge in [-0.3, -0.25) is 0 Å². The number of ether oxygens (including phenoxy) is 1. The first-order valence-electron chi connectivity index (χ1n) is 8.22. The Labute approximate surface area is 131 Å². The fraction of sp³-hybridized carbons (Fsp3) is 0.647. The number of hydrogen-bond acceptors (Lipinski definition) is 3. The first-order chi connectivity index (χ1) is 10.7. The number of nitrogens with zero attached hydrogens (tertiary/aromatic N) is 1. The van der Waals surface area contributed by atoms with E-state index in [0.717, 1.165) is 51.2 Å². The van der Waals surface area contributed by atoms with E-state index >= 15 is 0 Å². The second kappa shape index (κ2) is 9.06. The van der Waals surface area contributed by atoms with Crippen LogP contribution in [0.5, 0.6) is 5.75 Å². The van der Waals surface area contributed by atoms with Crippen LogP contribution in [-0.2, 0) is 0 Å². The molecular formula is C17H26F2N2O. The average molecular weight is 312 g/mol. The van der Waals surface area contributed by atoms with Crippen LogP contribution in [0.3, 0.4) is 0 Å². The van der Waals surface area contributed by atoms with Crippen molar-refractivity contribution in [3.8, 4) is 5.75 Å². The quantitative estimate of drug-likeness (QED) is 0.746. The molecule has 22 heavy (non-hydrogen) atoms. The lowest BCUT2D eigenvalue weighted by Crippen LogP contribution is -2.42. The molecule has 1 heterocycles. The van der Waals surface area contributed by atoms with Crippen molar-refractivity contribution in [3.63, 3.8) is 0 Å². The molecule has 1 aromatic rings. The van der Waals surface area contributed by atoms with E-state index < -0.39 is 11.6 Å². The molecule has 0 spiro atoms. The largest absolute Gasteiger partial charge is 0.493 e.